The highest BCUT2D eigenvalue weighted by Gasteiger charge is 2.44. The number of halogens is 1. The summed E-state index contributed by atoms with van der Waals surface area (Å²) >= 11 is 6.57. The number of hydrogen-bond acceptors (Lipinski definition) is 5. The van der Waals surface area contributed by atoms with Gasteiger partial charge in [-0.1, -0.05) is 53.1 Å². The molecule has 178 valence electrons. The quantitative estimate of drug-likeness (QED) is 0.393. The van der Waals surface area contributed by atoms with Gasteiger partial charge in [-0.05, 0) is 35.2 Å². The van der Waals surface area contributed by atoms with Crippen molar-refractivity contribution in [2.45, 2.75) is 71.1 Å². The molecule has 7 nitrogen and oxygen atoms in total. The second-order valence-electron chi connectivity index (χ2n) is 9.53. The molecule has 2 aromatic rings. The van der Waals surface area contributed by atoms with E-state index >= 15 is 0 Å². The van der Waals surface area contributed by atoms with Crippen molar-refractivity contribution in [2.24, 2.45) is 0 Å². The number of nitrogens with two attached hydrogens (primary N) is 1. The Morgan fingerprint density at radius 3 is 2.44 bits per heavy atom. The number of ether oxygens (including phenoxy) is 1. The predicted octanol–water partition coefficient (Wildman–Crippen LogP) is 5.22. The van der Waals surface area contributed by atoms with Crippen molar-refractivity contribution < 1.29 is 14.0 Å². The Morgan fingerprint density at radius 1 is 1.19 bits per heavy atom. The maximum Gasteiger partial charge on any atom is 0.253 e. The first kappa shape index (κ1) is 25.0. The molecule has 0 saturated carbocycles. The van der Waals surface area contributed by atoms with Crippen LogP contribution in [-0.4, -0.2) is 50.1 Å². The van der Waals surface area contributed by atoms with Crippen LogP contribution in [0, 0.1) is 0 Å². The lowest BCUT2D eigenvalue weighted by atomic mass is 10.2. The fourth-order valence-electron chi connectivity index (χ4n) is 5.34. The van der Waals surface area contributed by atoms with Crippen molar-refractivity contribution in [1.29, 1.82) is 0 Å². The van der Waals surface area contributed by atoms with Crippen LogP contribution in [-0.2, 0) is 20.5 Å². The molecule has 1 aliphatic heterocycles. The molecule has 3 rings (SSSR count). The molecule has 1 fully saturated rings. The summed E-state index contributed by atoms with van der Waals surface area (Å²) in [5.41, 5.74) is 10.2. The van der Waals surface area contributed by atoms with E-state index < -0.39 is 8.32 Å². The summed E-state index contributed by atoms with van der Waals surface area (Å²) in [7, 11) is -1.88. The van der Waals surface area contributed by atoms with E-state index in [1.807, 2.05) is 16.7 Å². The number of imidazole rings is 1. The number of morpholine rings is 1. The van der Waals surface area contributed by atoms with Crippen LogP contribution in [0.15, 0.2) is 12.1 Å². The van der Waals surface area contributed by atoms with E-state index in [2.05, 4.69) is 46.5 Å². The van der Waals surface area contributed by atoms with Crippen LogP contribution in [0.5, 0.6) is 0 Å². The zero-order valence-corrected chi connectivity index (χ0v) is 21.9. The minimum Gasteiger partial charge on any atom is -0.416 e. The molecule has 1 amide bonds. The van der Waals surface area contributed by atoms with Crippen LogP contribution in [0.2, 0.25) is 21.6 Å². The van der Waals surface area contributed by atoms with Gasteiger partial charge in [0.05, 0.1) is 28.4 Å². The number of carbonyl (C=O) groups is 1. The second kappa shape index (κ2) is 10.1. The van der Waals surface area contributed by atoms with Gasteiger partial charge in [0, 0.05) is 19.7 Å². The third-order valence-electron chi connectivity index (χ3n) is 6.71. The van der Waals surface area contributed by atoms with Gasteiger partial charge in [-0.25, -0.2) is 4.98 Å². The highest BCUT2D eigenvalue weighted by molar-refractivity contribution is 6.77. The van der Waals surface area contributed by atoms with Crippen molar-refractivity contribution in [1.82, 2.24) is 9.55 Å². The van der Waals surface area contributed by atoms with Crippen LogP contribution >= 0.6 is 11.6 Å². The van der Waals surface area contributed by atoms with Gasteiger partial charge in [0.2, 0.25) is 5.95 Å². The molecule has 1 aliphatic rings. The Kier molecular flexibility index (Phi) is 7.91. The first-order valence-electron chi connectivity index (χ1n) is 11.6. The maximum absolute atomic E-state index is 12.2. The van der Waals surface area contributed by atoms with E-state index in [-0.39, 0.29) is 12.5 Å². The fraction of sp³-hybridized carbons (Fsp3) is 0.652. The predicted molar refractivity (Wildman–Crippen MR) is 134 cm³/mol. The third-order valence-corrected chi connectivity index (χ3v) is 13.1. The molecular weight excluding hydrogens is 444 g/mol. The third kappa shape index (κ3) is 4.69. The van der Waals surface area contributed by atoms with Crippen molar-refractivity contribution in [3.05, 3.63) is 17.2 Å². The molecule has 0 spiro atoms. The summed E-state index contributed by atoms with van der Waals surface area (Å²) in [5.74, 6) is 0.344. The topological polar surface area (TPSA) is 82.6 Å². The Labute approximate surface area is 197 Å². The Morgan fingerprint density at radius 2 is 1.84 bits per heavy atom. The monoisotopic (exact) mass is 480 g/mol. The number of carbonyl (C=O) groups excluding carboxylic acids is 1. The van der Waals surface area contributed by atoms with Crippen molar-refractivity contribution in [3.63, 3.8) is 0 Å². The molecule has 2 heterocycles. The van der Waals surface area contributed by atoms with Gasteiger partial charge >= 0.3 is 0 Å². The molecule has 1 aromatic heterocycles. The normalized spacial score (nSPS) is 15.7. The summed E-state index contributed by atoms with van der Waals surface area (Å²) in [4.78, 5) is 18.4. The molecule has 32 heavy (non-hydrogen) atoms. The van der Waals surface area contributed by atoms with E-state index in [1.165, 1.54) is 0 Å². The molecule has 1 aromatic carbocycles. The molecule has 0 unspecified atom stereocenters. The molecular formula is C23H37ClN4O3Si. The number of aryl methyl sites for hydroxylation is 1. The Balaban J connectivity index is 1.76. The maximum atomic E-state index is 12.2. The first-order valence-corrected chi connectivity index (χ1v) is 14.1. The summed E-state index contributed by atoms with van der Waals surface area (Å²) in [6.07, 6.45) is 0.845. The number of benzene rings is 1. The molecule has 9 heteroatoms. The molecule has 1 saturated heterocycles. The number of rotatable bonds is 9. The van der Waals surface area contributed by atoms with Crippen molar-refractivity contribution in [2.75, 3.05) is 37.0 Å². The Bertz CT molecular complexity index is 939. The molecule has 0 bridgehead atoms. The largest absolute Gasteiger partial charge is 0.416 e. The van der Waals surface area contributed by atoms with Crippen molar-refractivity contribution in [3.8, 4) is 0 Å². The highest BCUT2D eigenvalue weighted by atomic mass is 35.5. The van der Waals surface area contributed by atoms with Crippen LogP contribution in [0.1, 0.15) is 48.0 Å². The van der Waals surface area contributed by atoms with E-state index in [4.69, 9.17) is 26.5 Å². The number of nitrogen functional groups attached to an aromatic ring is 1. The lowest BCUT2D eigenvalue weighted by Crippen LogP contribution is -2.48. The van der Waals surface area contributed by atoms with Crippen LogP contribution in [0.4, 0.5) is 11.6 Å². The SMILES string of the molecule is CC(C)[Si](OCCCn1c(N)nc2cc(N3CCOCC3=O)c(Cl)cc21)(C(C)C)C(C)C. The zero-order valence-electron chi connectivity index (χ0n) is 20.2. The second-order valence-corrected chi connectivity index (χ2v) is 15.4. The van der Waals surface area contributed by atoms with Crippen LogP contribution < -0.4 is 10.6 Å². The first-order chi connectivity index (χ1) is 15.1. The van der Waals surface area contributed by atoms with Crippen molar-refractivity contribution >= 4 is 48.5 Å². The number of hydrogen-bond donors (Lipinski definition) is 1. The van der Waals surface area contributed by atoms with Gasteiger partial charge < -0.3 is 24.4 Å². The standard InChI is InChI=1S/C23H37ClN4O3Si/c1-15(2)32(16(3)4,17(5)6)31-10-7-8-28-21-12-18(24)20(13-19(21)26-23(28)25)27-9-11-30-14-22(27)29/h12-13,15-17H,7-11,14H2,1-6H3,(H2,25,26). The molecule has 0 aliphatic carbocycles. The van der Waals surface area contributed by atoms with Gasteiger partial charge in [-0.15, -0.1) is 0 Å². The number of anilines is 2. The van der Waals surface area contributed by atoms with E-state index in [1.54, 1.807) is 4.90 Å². The highest BCUT2D eigenvalue weighted by Crippen LogP contribution is 2.42. The number of nitrogens with zero attached hydrogens (tertiary/aromatic N) is 3. The summed E-state index contributed by atoms with van der Waals surface area (Å²) < 4.78 is 13.9. The van der Waals surface area contributed by atoms with Gasteiger partial charge in [0.25, 0.3) is 5.91 Å². The molecule has 2 N–H and O–H groups in total. The van der Waals surface area contributed by atoms with Gasteiger partial charge in [0.15, 0.2) is 8.32 Å². The lowest BCUT2D eigenvalue weighted by Gasteiger charge is -2.42. The number of aromatic nitrogens is 2. The molecule has 0 atom stereocenters. The summed E-state index contributed by atoms with van der Waals surface area (Å²) in [6, 6.07) is 3.70. The number of fused-ring (bicyclic) bond motifs is 1. The Hall–Kier alpha value is -1.61. The number of amides is 1. The van der Waals surface area contributed by atoms with Gasteiger partial charge in [-0.2, -0.15) is 0 Å². The average Bonchev–Trinajstić information content (AvgIpc) is 3.01. The van der Waals surface area contributed by atoms with E-state index in [9.17, 15) is 4.79 Å². The van der Waals surface area contributed by atoms with Crippen LogP contribution in [0.3, 0.4) is 0 Å². The average molecular weight is 481 g/mol. The van der Waals surface area contributed by atoms with E-state index in [0.717, 1.165) is 17.5 Å². The minimum atomic E-state index is -1.88. The van der Waals surface area contributed by atoms with Gasteiger partial charge in [0.1, 0.15) is 6.61 Å². The fourth-order valence-corrected chi connectivity index (χ4v) is 11.1. The minimum absolute atomic E-state index is 0.0683. The van der Waals surface area contributed by atoms with Crippen LogP contribution in [0.25, 0.3) is 11.0 Å². The summed E-state index contributed by atoms with van der Waals surface area (Å²) in [5, 5.41) is 0.510. The van der Waals surface area contributed by atoms with E-state index in [0.29, 0.717) is 59.6 Å². The summed E-state index contributed by atoms with van der Waals surface area (Å²) in [6.45, 7) is 16.2. The smallest absolute Gasteiger partial charge is 0.253 e. The lowest BCUT2D eigenvalue weighted by molar-refractivity contribution is -0.125. The molecule has 0 radical (unpaired) electrons. The van der Waals surface area contributed by atoms with Gasteiger partial charge in [-0.3, -0.25) is 4.79 Å². The zero-order chi connectivity index (χ0) is 23.6.